The Morgan fingerprint density at radius 3 is 2.79 bits per heavy atom. The van der Waals surface area contributed by atoms with Crippen molar-refractivity contribution in [3.8, 4) is 0 Å². The van der Waals surface area contributed by atoms with Crippen LogP contribution in [0, 0.1) is 12.8 Å². The van der Waals surface area contributed by atoms with Gasteiger partial charge in [0.2, 0.25) is 5.91 Å². The number of carbonyl (C=O) groups is 2. The van der Waals surface area contributed by atoms with E-state index in [2.05, 4.69) is 10.1 Å². The Morgan fingerprint density at radius 2 is 2.14 bits per heavy atom. The molecule has 0 radical (unpaired) electrons. The van der Waals surface area contributed by atoms with Gasteiger partial charge in [-0.25, -0.2) is 0 Å². The molecule has 1 unspecified atom stereocenters. The van der Waals surface area contributed by atoms with Gasteiger partial charge in [-0.05, 0) is 44.2 Å². The number of aromatic nitrogens is 2. The van der Waals surface area contributed by atoms with Crippen molar-refractivity contribution in [2.24, 2.45) is 5.92 Å². The van der Waals surface area contributed by atoms with Crippen LogP contribution in [0.15, 0.2) is 35.1 Å². The molecule has 0 N–H and O–H groups in total. The zero-order valence-corrected chi connectivity index (χ0v) is 16.2. The second-order valence-electron chi connectivity index (χ2n) is 7.83. The number of rotatable bonds is 5. The molecule has 2 aromatic rings. The van der Waals surface area contributed by atoms with E-state index in [1.807, 2.05) is 23.2 Å². The fourth-order valence-electron chi connectivity index (χ4n) is 3.99. The maximum absolute atomic E-state index is 13.2. The summed E-state index contributed by atoms with van der Waals surface area (Å²) in [6.07, 6.45) is 8.38. The van der Waals surface area contributed by atoms with E-state index in [1.54, 1.807) is 24.1 Å². The Bertz CT molecular complexity index is 831. The maximum atomic E-state index is 13.2. The van der Waals surface area contributed by atoms with Crippen molar-refractivity contribution in [3.05, 3.63) is 47.6 Å². The smallest absolute Gasteiger partial charge is 0.276 e. The summed E-state index contributed by atoms with van der Waals surface area (Å²) in [7, 11) is 0. The van der Waals surface area contributed by atoms with E-state index in [4.69, 9.17) is 4.52 Å². The van der Waals surface area contributed by atoms with Gasteiger partial charge in [-0.2, -0.15) is 0 Å². The first-order valence-electron chi connectivity index (χ1n) is 10.0. The van der Waals surface area contributed by atoms with Crippen molar-refractivity contribution in [2.45, 2.75) is 51.6 Å². The number of carbonyl (C=O) groups excluding carboxylic acids is 2. The Kier molecular flexibility index (Phi) is 5.41. The Morgan fingerprint density at radius 1 is 1.29 bits per heavy atom. The number of piperidine rings is 1. The summed E-state index contributed by atoms with van der Waals surface area (Å²) in [6.45, 7) is 3.53. The topological polar surface area (TPSA) is 79.5 Å². The Hall–Kier alpha value is -2.70. The summed E-state index contributed by atoms with van der Waals surface area (Å²) in [6, 6.07) is 5.57. The molecule has 2 aromatic heterocycles. The van der Waals surface area contributed by atoms with Crippen molar-refractivity contribution in [2.75, 3.05) is 13.1 Å². The normalized spacial score (nSPS) is 19.9. The predicted molar refractivity (Wildman–Crippen MR) is 102 cm³/mol. The monoisotopic (exact) mass is 382 g/mol. The molecule has 4 rings (SSSR count). The molecule has 1 aliphatic heterocycles. The van der Waals surface area contributed by atoms with Gasteiger partial charge in [0.15, 0.2) is 5.69 Å². The van der Waals surface area contributed by atoms with E-state index in [-0.39, 0.29) is 23.8 Å². The average Bonchev–Trinajstić information content (AvgIpc) is 3.11. The highest BCUT2D eigenvalue weighted by atomic mass is 16.5. The van der Waals surface area contributed by atoms with Crippen LogP contribution >= 0.6 is 0 Å². The zero-order valence-electron chi connectivity index (χ0n) is 16.2. The molecule has 0 spiro atoms. The van der Waals surface area contributed by atoms with E-state index in [0.717, 1.165) is 37.7 Å². The van der Waals surface area contributed by atoms with E-state index < -0.39 is 0 Å². The molecule has 28 heavy (non-hydrogen) atoms. The van der Waals surface area contributed by atoms with Crippen molar-refractivity contribution < 1.29 is 14.1 Å². The molecule has 0 aromatic carbocycles. The van der Waals surface area contributed by atoms with Crippen LogP contribution in [-0.4, -0.2) is 50.9 Å². The van der Waals surface area contributed by atoms with E-state index in [1.165, 1.54) is 0 Å². The SMILES string of the molecule is Cc1cc(C(=O)N2CCCC(N(Cc3cccnc3)C(=O)C3CCC3)C2)no1. The molecule has 2 aliphatic rings. The molecule has 1 saturated heterocycles. The highest BCUT2D eigenvalue weighted by Crippen LogP contribution is 2.31. The van der Waals surface area contributed by atoms with E-state index in [9.17, 15) is 9.59 Å². The molecular formula is C21H26N4O3. The molecule has 3 heterocycles. The van der Waals surface area contributed by atoms with Crippen molar-refractivity contribution in [3.63, 3.8) is 0 Å². The predicted octanol–water partition coefficient (Wildman–Crippen LogP) is 2.81. The van der Waals surface area contributed by atoms with Crippen LogP contribution in [0.1, 0.15) is 53.9 Å². The molecule has 1 saturated carbocycles. The molecule has 7 heteroatoms. The van der Waals surface area contributed by atoms with Crippen LogP contribution in [0.25, 0.3) is 0 Å². The van der Waals surface area contributed by atoms with Crippen LogP contribution in [0.2, 0.25) is 0 Å². The lowest BCUT2D eigenvalue weighted by Gasteiger charge is -2.41. The number of nitrogens with zero attached hydrogens (tertiary/aromatic N) is 4. The molecular weight excluding hydrogens is 356 g/mol. The number of hydrogen-bond donors (Lipinski definition) is 0. The molecule has 0 bridgehead atoms. The van der Waals surface area contributed by atoms with Gasteiger partial charge in [0, 0.05) is 50.1 Å². The second kappa shape index (κ2) is 8.12. The molecule has 2 amide bonds. The molecule has 7 nitrogen and oxygen atoms in total. The second-order valence-corrected chi connectivity index (χ2v) is 7.83. The summed E-state index contributed by atoms with van der Waals surface area (Å²) in [5.41, 5.74) is 1.35. The first-order valence-corrected chi connectivity index (χ1v) is 10.0. The third kappa shape index (κ3) is 3.93. The fraction of sp³-hybridized carbons (Fsp3) is 0.524. The van der Waals surface area contributed by atoms with Crippen molar-refractivity contribution in [1.29, 1.82) is 0 Å². The highest BCUT2D eigenvalue weighted by molar-refractivity contribution is 5.92. The fourth-order valence-corrected chi connectivity index (χ4v) is 3.99. The third-order valence-electron chi connectivity index (χ3n) is 5.78. The van der Waals surface area contributed by atoms with Gasteiger partial charge in [0.05, 0.1) is 0 Å². The van der Waals surface area contributed by atoms with Gasteiger partial charge in [-0.1, -0.05) is 17.6 Å². The van der Waals surface area contributed by atoms with Crippen LogP contribution in [0.4, 0.5) is 0 Å². The first kappa shape index (κ1) is 18.7. The van der Waals surface area contributed by atoms with Crippen LogP contribution in [-0.2, 0) is 11.3 Å². The number of aryl methyl sites for hydroxylation is 1. The summed E-state index contributed by atoms with van der Waals surface area (Å²) < 4.78 is 5.05. The number of likely N-dealkylation sites (tertiary alicyclic amines) is 1. The van der Waals surface area contributed by atoms with Crippen LogP contribution < -0.4 is 0 Å². The summed E-state index contributed by atoms with van der Waals surface area (Å²) in [5, 5.41) is 3.86. The first-order chi connectivity index (χ1) is 13.6. The standard InChI is InChI=1S/C21H26N4O3/c1-15-11-19(23-28-15)21(27)24-10-4-8-18(14-24)25(20(26)17-6-2-7-17)13-16-5-3-9-22-12-16/h3,5,9,11-12,17-18H,2,4,6-8,10,13-14H2,1H3. The third-order valence-corrected chi connectivity index (χ3v) is 5.78. The van der Waals surface area contributed by atoms with Gasteiger partial charge >= 0.3 is 0 Å². The number of hydrogen-bond acceptors (Lipinski definition) is 5. The Labute approximate surface area is 164 Å². The molecule has 1 atom stereocenters. The van der Waals surface area contributed by atoms with Gasteiger partial charge < -0.3 is 14.3 Å². The van der Waals surface area contributed by atoms with Crippen molar-refractivity contribution in [1.82, 2.24) is 19.9 Å². The summed E-state index contributed by atoms with van der Waals surface area (Å²) in [4.78, 5) is 33.9. The number of amides is 2. The highest BCUT2D eigenvalue weighted by Gasteiger charge is 2.36. The largest absolute Gasteiger partial charge is 0.361 e. The maximum Gasteiger partial charge on any atom is 0.276 e. The minimum Gasteiger partial charge on any atom is -0.361 e. The average molecular weight is 382 g/mol. The zero-order chi connectivity index (χ0) is 19.5. The van der Waals surface area contributed by atoms with E-state index >= 15 is 0 Å². The van der Waals surface area contributed by atoms with Crippen molar-refractivity contribution >= 4 is 11.8 Å². The number of pyridine rings is 1. The molecule has 148 valence electrons. The minimum absolute atomic E-state index is 0.0130. The minimum atomic E-state index is -0.126. The van der Waals surface area contributed by atoms with Crippen LogP contribution in [0.3, 0.4) is 0 Å². The van der Waals surface area contributed by atoms with Gasteiger partial charge in [-0.15, -0.1) is 0 Å². The quantitative estimate of drug-likeness (QED) is 0.794. The van der Waals surface area contributed by atoms with E-state index in [0.29, 0.717) is 31.1 Å². The molecule has 2 fully saturated rings. The summed E-state index contributed by atoms with van der Waals surface area (Å²) >= 11 is 0. The van der Waals surface area contributed by atoms with Crippen LogP contribution in [0.5, 0.6) is 0 Å². The van der Waals surface area contributed by atoms with Gasteiger partial charge in [-0.3, -0.25) is 14.6 Å². The van der Waals surface area contributed by atoms with Gasteiger partial charge in [0.25, 0.3) is 5.91 Å². The van der Waals surface area contributed by atoms with Gasteiger partial charge in [0.1, 0.15) is 5.76 Å². The lowest BCUT2D eigenvalue weighted by atomic mass is 9.83. The summed E-state index contributed by atoms with van der Waals surface area (Å²) in [5.74, 6) is 0.835. The Balaban J connectivity index is 1.51. The lowest BCUT2D eigenvalue weighted by Crippen LogP contribution is -2.53. The lowest BCUT2D eigenvalue weighted by molar-refractivity contribution is -0.142. The molecule has 1 aliphatic carbocycles.